The van der Waals surface area contributed by atoms with Gasteiger partial charge in [-0.3, -0.25) is 14.5 Å². The SMILES string of the molecule is CN1C(=O)C(c2ccc(-n3c4ccccc4c4ccccc43)cc2)=C(c2ccc(-n3c4ccccc4c4ccccc43)cc2)C1=O. The second kappa shape index (κ2) is 9.91. The quantitative estimate of drug-likeness (QED) is 0.192. The average Bonchev–Trinajstić information content (AvgIpc) is 3.70. The Bertz CT molecular complexity index is 2280. The molecule has 5 heteroatoms. The molecule has 0 atom stereocenters. The molecule has 0 spiro atoms. The van der Waals surface area contributed by atoms with Crippen LogP contribution < -0.4 is 0 Å². The van der Waals surface area contributed by atoms with E-state index in [4.69, 9.17) is 0 Å². The number of amides is 2. The predicted molar refractivity (Wildman–Crippen MR) is 186 cm³/mol. The minimum atomic E-state index is -0.295. The van der Waals surface area contributed by atoms with E-state index in [1.165, 1.54) is 26.4 Å². The van der Waals surface area contributed by atoms with Gasteiger partial charge >= 0.3 is 0 Å². The highest BCUT2D eigenvalue weighted by Gasteiger charge is 2.37. The maximum atomic E-state index is 13.5. The van der Waals surface area contributed by atoms with Gasteiger partial charge in [0, 0.05) is 40.0 Å². The van der Waals surface area contributed by atoms with Crippen LogP contribution >= 0.6 is 0 Å². The number of benzene rings is 6. The summed E-state index contributed by atoms with van der Waals surface area (Å²) in [7, 11) is 1.55. The molecule has 0 saturated heterocycles. The van der Waals surface area contributed by atoms with Gasteiger partial charge in [-0.05, 0) is 59.7 Å². The summed E-state index contributed by atoms with van der Waals surface area (Å²) in [6, 6.07) is 49.4. The molecule has 46 heavy (non-hydrogen) atoms. The molecule has 0 bridgehead atoms. The van der Waals surface area contributed by atoms with Crippen molar-refractivity contribution < 1.29 is 9.59 Å². The van der Waals surface area contributed by atoms with E-state index in [1.807, 2.05) is 72.8 Å². The van der Waals surface area contributed by atoms with Crippen LogP contribution in [0, 0.1) is 0 Å². The Morgan fingerprint density at radius 3 is 0.957 bits per heavy atom. The van der Waals surface area contributed by atoms with E-state index in [0.29, 0.717) is 22.3 Å². The Labute approximate surface area is 264 Å². The molecule has 9 rings (SSSR count). The summed E-state index contributed by atoms with van der Waals surface area (Å²) >= 11 is 0. The van der Waals surface area contributed by atoms with Crippen molar-refractivity contribution in [3.63, 3.8) is 0 Å². The molecule has 1 aliphatic rings. The second-order valence-corrected chi connectivity index (χ2v) is 11.8. The number of fused-ring (bicyclic) bond motifs is 6. The van der Waals surface area contributed by atoms with Crippen LogP contribution in [0.5, 0.6) is 0 Å². The van der Waals surface area contributed by atoms with Gasteiger partial charge in [0.1, 0.15) is 0 Å². The Morgan fingerprint density at radius 1 is 0.370 bits per heavy atom. The van der Waals surface area contributed by atoms with E-state index >= 15 is 0 Å². The van der Waals surface area contributed by atoms with Gasteiger partial charge in [-0.2, -0.15) is 0 Å². The van der Waals surface area contributed by atoms with Crippen LogP contribution in [0.1, 0.15) is 11.1 Å². The van der Waals surface area contributed by atoms with Gasteiger partial charge in [0.15, 0.2) is 0 Å². The molecule has 0 N–H and O–H groups in total. The largest absolute Gasteiger partial charge is 0.309 e. The number of hydrogen-bond donors (Lipinski definition) is 0. The first-order chi connectivity index (χ1) is 22.6. The molecule has 3 heterocycles. The lowest BCUT2D eigenvalue weighted by Crippen LogP contribution is -2.26. The van der Waals surface area contributed by atoms with E-state index in [9.17, 15) is 9.59 Å². The van der Waals surface area contributed by atoms with Crippen LogP contribution in [0.25, 0.3) is 66.1 Å². The molecule has 8 aromatic rings. The first-order valence-electron chi connectivity index (χ1n) is 15.3. The van der Waals surface area contributed by atoms with Crippen LogP contribution in [0.2, 0.25) is 0 Å². The Balaban J connectivity index is 1.15. The van der Waals surface area contributed by atoms with E-state index in [2.05, 4.69) is 81.9 Å². The molecule has 2 amide bonds. The van der Waals surface area contributed by atoms with Crippen LogP contribution in [-0.2, 0) is 9.59 Å². The van der Waals surface area contributed by atoms with Crippen molar-refractivity contribution >= 4 is 66.6 Å². The maximum absolute atomic E-state index is 13.5. The number of carbonyl (C=O) groups excluding carboxylic acids is 2. The zero-order valence-corrected chi connectivity index (χ0v) is 25.0. The fraction of sp³-hybridized carbons (Fsp3) is 0.0244. The Morgan fingerprint density at radius 2 is 0.652 bits per heavy atom. The number of nitrogens with zero attached hydrogens (tertiary/aromatic N) is 3. The van der Waals surface area contributed by atoms with E-state index in [0.717, 1.165) is 33.4 Å². The zero-order chi connectivity index (χ0) is 30.9. The summed E-state index contributed by atoms with van der Waals surface area (Å²) in [5.74, 6) is -0.591. The van der Waals surface area contributed by atoms with Crippen molar-refractivity contribution in [1.82, 2.24) is 14.0 Å². The molecule has 5 nitrogen and oxygen atoms in total. The molecule has 0 aliphatic carbocycles. The van der Waals surface area contributed by atoms with Crippen LogP contribution in [0.3, 0.4) is 0 Å². The first kappa shape index (κ1) is 26.2. The lowest BCUT2D eigenvalue weighted by Gasteiger charge is -2.11. The third-order valence-corrected chi connectivity index (χ3v) is 9.28. The highest BCUT2D eigenvalue weighted by molar-refractivity contribution is 6.48. The van der Waals surface area contributed by atoms with Crippen molar-refractivity contribution in [2.24, 2.45) is 0 Å². The normalized spacial score (nSPS) is 13.7. The van der Waals surface area contributed by atoms with E-state index in [-0.39, 0.29) is 11.8 Å². The molecule has 1 aliphatic heterocycles. The highest BCUT2D eigenvalue weighted by Crippen LogP contribution is 2.38. The van der Waals surface area contributed by atoms with Crippen molar-refractivity contribution in [1.29, 1.82) is 0 Å². The van der Waals surface area contributed by atoms with Gasteiger partial charge < -0.3 is 9.13 Å². The van der Waals surface area contributed by atoms with Gasteiger partial charge in [-0.15, -0.1) is 0 Å². The number of para-hydroxylation sites is 4. The summed E-state index contributed by atoms with van der Waals surface area (Å²) in [5.41, 5.74) is 8.73. The highest BCUT2D eigenvalue weighted by atomic mass is 16.2. The molecule has 2 aromatic heterocycles. The third-order valence-electron chi connectivity index (χ3n) is 9.28. The number of carbonyl (C=O) groups is 2. The third kappa shape index (κ3) is 3.69. The minimum Gasteiger partial charge on any atom is -0.309 e. The molecular weight excluding hydrogens is 566 g/mol. The fourth-order valence-electron chi connectivity index (χ4n) is 7.13. The van der Waals surface area contributed by atoms with Crippen molar-refractivity contribution in [3.8, 4) is 11.4 Å². The summed E-state index contributed by atoms with van der Waals surface area (Å²) in [5, 5.41) is 4.76. The fourth-order valence-corrected chi connectivity index (χ4v) is 7.13. The molecule has 0 fully saturated rings. The molecule has 0 radical (unpaired) electrons. The standard InChI is InChI=1S/C41H27N3O2/c1-42-40(45)38(26-18-22-28(23-19-26)43-34-14-6-2-10-30(34)31-11-3-7-15-35(31)43)39(41(42)46)27-20-24-29(25-21-27)44-36-16-8-4-12-32(36)33-13-5-9-17-37(33)44/h2-25H,1H3. The zero-order valence-electron chi connectivity index (χ0n) is 25.0. The van der Waals surface area contributed by atoms with Crippen LogP contribution in [-0.4, -0.2) is 32.9 Å². The van der Waals surface area contributed by atoms with Crippen LogP contribution in [0.4, 0.5) is 0 Å². The smallest absolute Gasteiger partial charge is 0.261 e. The monoisotopic (exact) mass is 593 g/mol. The van der Waals surface area contributed by atoms with E-state index < -0.39 is 0 Å². The molecule has 0 unspecified atom stereocenters. The topological polar surface area (TPSA) is 47.2 Å². The number of hydrogen-bond acceptors (Lipinski definition) is 2. The lowest BCUT2D eigenvalue weighted by molar-refractivity contribution is -0.134. The summed E-state index contributed by atoms with van der Waals surface area (Å²) in [6.45, 7) is 0. The lowest BCUT2D eigenvalue weighted by atomic mass is 9.96. The summed E-state index contributed by atoms with van der Waals surface area (Å²) < 4.78 is 4.48. The number of likely N-dealkylation sites (N-methyl/N-ethyl adjacent to an activating group) is 1. The molecule has 0 saturated carbocycles. The van der Waals surface area contributed by atoms with Gasteiger partial charge in [0.25, 0.3) is 11.8 Å². The van der Waals surface area contributed by atoms with Gasteiger partial charge in [-0.25, -0.2) is 0 Å². The Hall–Kier alpha value is -6.20. The molecule has 6 aromatic carbocycles. The van der Waals surface area contributed by atoms with Crippen LogP contribution in [0.15, 0.2) is 146 Å². The first-order valence-corrected chi connectivity index (χ1v) is 15.3. The average molecular weight is 594 g/mol. The van der Waals surface area contributed by atoms with E-state index in [1.54, 1.807) is 7.05 Å². The molecular formula is C41H27N3O2. The van der Waals surface area contributed by atoms with Crippen molar-refractivity contribution in [2.45, 2.75) is 0 Å². The predicted octanol–water partition coefficient (Wildman–Crippen LogP) is 8.79. The van der Waals surface area contributed by atoms with Gasteiger partial charge in [0.05, 0.1) is 33.2 Å². The summed E-state index contributed by atoms with van der Waals surface area (Å²) in [6.07, 6.45) is 0. The number of aromatic nitrogens is 2. The number of imide groups is 1. The van der Waals surface area contributed by atoms with Crippen molar-refractivity contribution in [2.75, 3.05) is 7.05 Å². The molecule has 218 valence electrons. The second-order valence-electron chi connectivity index (χ2n) is 11.8. The minimum absolute atomic E-state index is 0.295. The number of rotatable bonds is 4. The Kier molecular flexibility index (Phi) is 5.65. The maximum Gasteiger partial charge on any atom is 0.261 e. The van der Waals surface area contributed by atoms with Gasteiger partial charge in [0.2, 0.25) is 0 Å². The summed E-state index contributed by atoms with van der Waals surface area (Å²) in [4.78, 5) is 28.3. The van der Waals surface area contributed by atoms with Gasteiger partial charge in [-0.1, -0.05) is 97.1 Å². The van der Waals surface area contributed by atoms with Crippen molar-refractivity contribution in [3.05, 3.63) is 157 Å².